The first-order valence-corrected chi connectivity index (χ1v) is 6.13. The van der Waals surface area contributed by atoms with E-state index in [0.717, 1.165) is 21.3 Å². The molecule has 0 saturated heterocycles. The number of aromatic nitrogens is 1. The molecule has 0 unspecified atom stereocenters. The Labute approximate surface area is 102 Å². The third-order valence-electron chi connectivity index (χ3n) is 2.65. The smallest absolute Gasteiger partial charge is 0.308 e. The summed E-state index contributed by atoms with van der Waals surface area (Å²) in [6.07, 6.45) is -0.0290. The Balaban J connectivity index is 2.58. The summed E-state index contributed by atoms with van der Waals surface area (Å²) in [4.78, 5) is 22.3. The van der Waals surface area contributed by atoms with Gasteiger partial charge in [0.1, 0.15) is 0 Å². The molecule has 0 bridgehead atoms. The van der Waals surface area contributed by atoms with E-state index in [0.29, 0.717) is 0 Å². The molecule has 4 nitrogen and oxygen atoms in total. The molecular formula is C12H13NO3S. The number of rotatable bonds is 3. The van der Waals surface area contributed by atoms with Gasteiger partial charge in [-0.15, -0.1) is 0 Å². The van der Waals surface area contributed by atoms with Gasteiger partial charge >= 0.3 is 10.8 Å². The van der Waals surface area contributed by atoms with Crippen molar-refractivity contribution in [1.29, 1.82) is 0 Å². The van der Waals surface area contributed by atoms with Gasteiger partial charge in [-0.05, 0) is 31.0 Å². The van der Waals surface area contributed by atoms with Crippen molar-refractivity contribution in [3.8, 4) is 0 Å². The maximum atomic E-state index is 11.8. The summed E-state index contributed by atoms with van der Waals surface area (Å²) >= 11 is 1.18. The Bertz CT molecular complexity index is 639. The lowest BCUT2D eigenvalue weighted by Crippen LogP contribution is -2.15. The molecule has 1 aromatic heterocycles. The van der Waals surface area contributed by atoms with Crippen LogP contribution in [0.4, 0.5) is 0 Å². The molecule has 0 atom stereocenters. The van der Waals surface area contributed by atoms with Crippen LogP contribution in [0.1, 0.15) is 17.5 Å². The van der Waals surface area contributed by atoms with Crippen LogP contribution in [0.3, 0.4) is 0 Å². The van der Waals surface area contributed by atoms with Gasteiger partial charge in [0.15, 0.2) is 0 Å². The number of carbonyl (C=O) groups is 1. The van der Waals surface area contributed by atoms with E-state index in [-0.39, 0.29) is 17.8 Å². The minimum Gasteiger partial charge on any atom is -0.481 e. The predicted molar refractivity (Wildman–Crippen MR) is 67.8 cm³/mol. The van der Waals surface area contributed by atoms with E-state index in [1.54, 1.807) is 4.57 Å². The van der Waals surface area contributed by atoms with Crippen LogP contribution in [0.25, 0.3) is 10.2 Å². The van der Waals surface area contributed by atoms with Crippen LogP contribution in [-0.2, 0) is 11.3 Å². The highest BCUT2D eigenvalue weighted by molar-refractivity contribution is 7.16. The molecular weight excluding hydrogens is 238 g/mol. The molecule has 90 valence electrons. The minimum atomic E-state index is -0.888. The summed E-state index contributed by atoms with van der Waals surface area (Å²) < 4.78 is 2.50. The van der Waals surface area contributed by atoms with E-state index in [2.05, 4.69) is 0 Å². The zero-order chi connectivity index (χ0) is 12.6. The third-order valence-corrected chi connectivity index (χ3v) is 3.78. The first-order valence-electron chi connectivity index (χ1n) is 5.31. The molecule has 2 aromatic rings. The second kappa shape index (κ2) is 4.33. The molecule has 0 fully saturated rings. The first-order chi connectivity index (χ1) is 7.99. The van der Waals surface area contributed by atoms with Crippen LogP contribution in [0.15, 0.2) is 16.9 Å². The molecule has 0 aliphatic rings. The fourth-order valence-electron chi connectivity index (χ4n) is 1.93. The van der Waals surface area contributed by atoms with Crippen LogP contribution in [0.5, 0.6) is 0 Å². The lowest BCUT2D eigenvalue weighted by Gasteiger charge is -2.03. The number of thiazole rings is 1. The van der Waals surface area contributed by atoms with Gasteiger partial charge < -0.3 is 5.11 Å². The monoisotopic (exact) mass is 251 g/mol. The Kier molecular flexibility index (Phi) is 3.02. The van der Waals surface area contributed by atoms with E-state index in [4.69, 9.17) is 5.11 Å². The van der Waals surface area contributed by atoms with Gasteiger partial charge in [-0.2, -0.15) is 0 Å². The Morgan fingerprint density at radius 1 is 1.41 bits per heavy atom. The molecule has 0 aliphatic carbocycles. The number of hydrogen-bond donors (Lipinski definition) is 1. The third kappa shape index (κ3) is 2.24. The van der Waals surface area contributed by atoms with Gasteiger partial charge in [0, 0.05) is 6.54 Å². The lowest BCUT2D eigenvalue weighted by atomic mass is 10.1. The van der Waals surface area contributed by atoms with Crippen LogP contribution < -0.4 is 4.87 Å². The normalized spacial score (nSPS) is 10.9. The summed E-state index contributed by atoms with van der Waals surface area (Å²) in [5.41, 5.74) is 2.99. The van der Waals surface area contributed by atoms with Crippen molar-refractivity contribution in [2.24, 2.45) is 0 Å². The van der Waals surface area contributed by atoms with E-state index in [9.17, 15) is 9.59 Å². The summed E-state index contributed by atoms with van der Waals surface area (Å²) in [5, 5.41) is 8.67. The topological polar surface area (TPSA) is 59.3 Å². The Morgan fingerprint density at radius 2 is 2.12 bits per heavy atom. The minimum absolute atomic E-state index is 0.0290. The van der Waals surface area contributed by atoms with Crippen molar-refractivity contribution in [2.45, 2.75) is 26.8 Å². The maximum absolute atomic E-state index is 11.8. The highest BCUT2D eigenvalue weighted by Gasteiger charge is 2.11. The van der Waals surface area contributed by atoms with Crippen LogP contribution in [0, 0.1) is 13.8 Å². The average molecular weight is 251 g/mol. The number of aryl methyl sites for hydroxylation is 3. The van der Waals surface area contributed by atoms with Crippen LogP contribution >= 0.6 is 11.3 Å². The maximum Gasteiger partial charge on any atom is 0.308 e. The predicted octanol–water partition coefficient (Wildman–Crippen LogP) is 2.15. The van der Waals surface area contributed by atoms with Gasteiger partial charge in [-0.25, -0.2) is 0 Å². The molecule has 0 saturated carbocycles. The van der Waals surface area contributed by atoms with Crippen molar-refractivity contribution in [2.75, 3.05) is 0 Å². The second-order valence-electron chi connectivity index (χ2n) is 4.09. The fourth-order valence-corrected chi connectivity index (χ4v) is 2.89. The zero-order valence-corrected chi connectivity index (χ0v) is 10.5. The molecule has 1 N–H and O–H groups in total. The summed E-state index contributed by atoms with van der Waals surface area (Å²) in [6, 6.07) is 3.96. The van der Waals surface area contributed by atoms with Gasteiger partial charge in [0.25, 0.3) is 0 Å². The SMILES string of the molecule is Cc1cc(C)c2sc(=O)n(CCC(=O)O)c2c1. The zero-order valence-electron chi connectivity index (χ0n) is 9.69. The number of carboxylic acid groups (broad SMARTS) is 1. The van der Waals surface area contributed by atoms with Gasteiger partial charge in [0.2, 0.25) is 0 Å². The molecule has 0 amide bonds. The average Bonchev–Trinajstić information content (AvgIpc) is 2.52. The molecule has 0 aliphatic heterocycles. The number of aliphatic carboxylic acids is 1. The van der Waals surface area contributed by atoms with Crippen molar-refractivity contribution < 1.29 is 9.90 Å². The molecule has 1 aromatic carbocycles. The standard InChI is InChI=1S/C12H13NO3S/c1-7-5-8(2)11-9(6-7)13(12(16)17-11)4-3-10(14)15/h5-6H,3-4H2,1-2H3,(H,14,15). The number of benzene rings is 1. The fraction of sp³-hybridized carbons (Fsp3) is 0.333. The van der Waals surface area contributed by atoms with Crippen LogP contribution in [0.2, 0.25) is 0 Å². The molecule has 17 heavy (non-hydrogen) atoms. The van der Waals surface area contributed by atoms with Crippen LogP contribution in [-0.4, -0.2) is 15.6 Å². The van der Waals surface area contributed by atoms with E-state index >= 15 is 0 Å². The van der Waals surface area contributed by atoms with Gasteiger partial charge in [0.05, 0.1) is 16.6 Å². The van der Waals surface area contributed by atoms with E-state index in [1.165, 1.54) is 11.3 Å². The van der Waals surface area contributed by atoms with E-state index < -0.39 is 5.97 Å². The lowest BCUT2D eigenvalue weighted by molar-refractivity contribution is -0.137. The first kappa shape index (κ1) is 11.9. The quantitative estimate of drug-likeness (QED) is 0.909. The Hall–Kier alpha value is -1.62. The van der Waals surface area contributed by atoms with Crippen molar-refractivity contribution >= 4 is 27.5 Å². The van der Waals surface area contributed by atoms with Crippen molar-refractivity contribution in [3.63, 3.8) is 0 Å². The number of nitrogens with zero attached hydrogens (tertiary/aromatic N) is 1. The molecule has 0 spiro atoms. The van der Waals surface area contributed by atoms with Crippen molar-refractivity contribution in [1.82, 2.24) is 4.57 Å². The number of carboxylic acids is 1. The van der Waals surface area contributed by atoms with Gasteiger partial charge in [-0.1, -0.05) is 17.4 Å². The van der Waals surface area contributed by atoms with Gasteiger partial charge in [-0.3, -0.25) is 14.2 Å². The highest BCUT2D eigenvalue weighted by Crippen LogP contribution is 2.23. The number of fused-ring (bicyclic) bond motifs is 1. The summed E-state index contributed by atoms with van der Waals surface area (Å²) in [7, 11) is 0. The summed E-state index contributed by atoms with van der Waals surface area (Å²) in [6.45, 7) is 4.17. The molecule has 5 heteroatoms. The second-order valence-corrected chi connectivity index (χ2v) is 5.06. The molecule has 2 rings (SSSR count). The Morgan fingerprint density at radius 3 is 2.76 bits per heavy atom. The molecule has 1 heterocycles. The highest BCUT2D eigenvalue weighted by atomic mass is 32.1. The van der Waals surface area contributed by atoms with E-state index in [1.807, 2.05) is 26.0 Å². The summed E-state index contributed by atoms with van der Waals surface area (Å²) in [5.74, 6) is -0.888. The molecule has 0 radical (unpaired) electrons. The van der Waals surface area contributed by atoms with Crippen molar-refractivity contribution in [3.05, 3.63) is 32.9 Å². The largest absolute Gasteiger partial charge is 0.481 e. The number of hydrogen-bond acceptors (Lipinski definition) is 3.